The van der Waals surface area contributed by atoms with Crippen molar-refractivity contribution in [2.45, 2.75) is 44.9 Å². The Morgan fingerprint density at radius 1 is 1.31 bits per heavy atom. The van der Waals surface area contributed by atoms with Crippen LogP contribution in [0.4, 0.5) is 18.9 Å². The summed E-state index contributed by atoms with van der Waals surface area (Å²) < 4.78 is 46.6. The van der Waals surface area contributed by atoms with Crippen molar-refractivity contribution < 1.29 is 17.7 Å². The van der Waals surface area contributed by atoms with E-state index in [1.54, 1.807) is 12.1 Å². The first-order valence-corrected chi connectivity index (χ1v) is 10.5. The number of anilines is 1. The lowest BCUT2D eigenvalue weighted by molar-refractivity contribution is -0.138. The van der Waals surface area contributed by atoms with Gasteiger partial charge < -0.3 is 9.42 Å². The number of alkyl halides is 3. The zero-order valence-electron chi connectivity index (χ0n) is 16.7. The van der Waals surface area contributed by atoms with Crippen molar-refractivity contribution in [3.8, 4) is 17.5 Å². The number of hydrogen-bond donors (Lipinski definition) is 0. The maximum Gasteiger partial charge on any atom is 0.418 e. The van der Waals surface area contributed by atoms with Gasteiger partial charge in [0.15, 0.2) is 5.82 Å². The van der Waals surface area contributed by atoms with E-state index >= 15 is 0 Å². The molecule has 3 heterocycles. The molecule has 2 aromatic heterocycles. The van der Waals surface area contributed by atoms with Gasteiger partial charge in [0.2, 0.25) is 0 Å². The number of rotatable bonds is 5. The zero-order valence-corrected chi connectivity index (χ0v) is 18.3. The van der Waals surface area contributed by atoms with E-state index < -0.39 is 11.7 Å². The Labute approximate surface area is 191 Å². The highest BCUT2D eigenvalue weighted by Gasteiger charge is 2.42. The van der Waals surface area contributed by atoms with Gasteiger partial charge in [0, 0.05) is 17.9 Å². The lowest BCUT2D eigenvalue weighted by Gasteiger charge is -2.26. The molecule has 166 valence electrons. The van der Waals surface area contributed by atoms with E-state index in [0.29, 0.717) is 22.7 Å². The fourth-order valence-corrected chi connectivity index (χ4v) is 4.37. The second-order valence-electron chi connectivity index (χ2n) is 7.38. The van der Waals surface area contributed by atoms with Crippen LogP contribution in [0.25, 0.3) is 11.5 Å². The first-order chi connectivity index (χ1) is 15.2. The van der Waals surface area contributed by atoms with Crippen molar-refractivity contribution in [2.24, 2.45) is 0 Å². The van der Waals surface area contributed by atoms with Gasteiger partial charge in [-0.2, -0.15) is 23.4 Å². The molecule has 0 N–H and O–H groups in total. The first-order valence-electron chi connectivity index (χ1n) is 9.76. The summed E-state index contributed by atoms with van der Waals surface area (Å²) in [5, 5.41) is 13.7. The third-order valence-electron chi connectivity index (χ3n) is 5.32. The van der Waals surface area contributed by atoms with Crippen LogP contribution in [-0.2, 0) is 19.1 Å². The van der Waals surface area contributed by atoms with Gasteiger partial charge in [-0.3, -0.25) is 0 Å². The number of pyridine rings is 1. The van der Waals surface area contributed by atoms with Crippen LogP contribution in [0.1, 0.15) is 42.3 Å². The minimum atomic E-state index is -4.63. The molecule has 1 aliphatic heterocycles. The first kappa shape index (κ1) is 22.4. The summed E-state index contributed by atoms with van der Waals surface area (Å²) in [6.45, 7) is 2.10. The van der Waals surface area contributed by atoms with E-state index in [9.17, 15) is 18.4 Å². The summed E-state index contributed by atoms with van der Waals surface area (Å²) in [5.74, 6) is 0.394. The molecule has 11 heteroatoms. The van der Waals surface area contributed by atoms with Gasteiger partial charge in [0.1, 0.15) is 5.15 Å². The molecule has 1 aromatic carbocycles. The third-order valence-corrected chi connectivity index (χ3v) is 5.83. The van der Waals surface area contributed by atoms with E-state index in [1.807, 2.05) is 11.8 Å². The molecule has 0 spiro atoms. The van der Waals surface area contributed by atoms with Crippen LogP contribution in [0.15, 0.2) is 28.9 Å². The molecule has 0 saturated carbocycles. The minimum absolute atomic E-state index is 0.113. The molecule has 6 nitrogen and oxygen atoms in total. The van der Waals surface area contributed by atoms with Crippen LogP contribution in [0.3, 0.4) is 0 Å². The monoisotopic (exact) mass is 481 g/mol. The lowest BCUT2D eigenvalue weighted by Crippen LogP contribution is -2.31. The molecule has 1 aliphatic rings. The van der Waals surface area contributed by atoms with Gasteiger partial charge in [-0.15, -0.1) is 0 Å². The number of aromatic nitrogens is 3. The molecule has 0 radical (unpaired) electrons. The lowest BCUT2D eigenvalue weighted by atomic mass is 9.97. The van der Waals surface area contributed by atoms with Crippen LogP contribution in [0.2, 0.25) is 10.2 Å². The Hall–Kier alpha value is -2.83. The number of nitrogens with zero attached hydrogens (tertiary/aromatic N) is 5. The van der Waals surface area contributed by atoms with Crippen LogP contribution in [-0.4, -0.2) is 21.2 Å². The highest BCUT2D eigenvalue weighted by atomic mass is 35.5. The second-order valence-corrected chi connectivity index (χ2v) is 8.17. The largest absolute Gasteiger partial charge is 0.418 e. The standard InChI is InChI=1S/C21H16Cl2F3N5O/c1-2-3-13-7-14-16(5-4-11(8-27)18(14)21(24,25)26)31(13)10-17-29-20(32-30-17)15-6-12(22)9-28-19(15)23/h4-6,9,13H,2-3,7,10H2,1H3. The summed E-state index contributed by atoms with van der Waals surface area (Å²) in [7, 11) is 0. The Kier molecular flexibility index (Phi) is 6.01. The molecule has 32 heavy (non-hydrogen) atoms. The maximum atomic E-state index is 13.8. The van der Waals surface area contributed by atoms with Crippen LogP contribution < -0.4 is 4.90 Å². The predicted molar refractivity (Wildman–Crippen MR) is 112 cm³/mol. The number of fused-ring (bicyclic) bond motifs is 1. The van der Waals surface area contributed by atoms with E-state index in [2.05, 4.69) is 15.1 Å². The molecule has 0 aliphatic carbocycles. The number of hydrogen-bond acceptors (Lipinski definition) is 6. The fourth-order valence-electron chi connectivity index (χ4n) is 4.03. The molecule has 3 aromatic rings. The second kappa shape index (κ2) is 8.60. The molecule has 0 amide bonds. The van der Waals surface area contributed by atoms with E-state index in [1.165, 1.54) is 18.3 Å². The molecular weight excluding hydrogens is 466 g/mol. The maximum absolute atomic E-state index is 13.8. The smallest absolute Gasteiger partial charge is 0.360 e. The van der Waals surface area contributed by atoms with Crippen molar-refractivity contribution in [1.82, 2.24) is 15.1 Å². The van der Waals surface area contributed by atoms with Crippen LogP contribution >= 0.6 is 23.2 Å². The summed E-state index contributed by atoms with van der Waals surface area (Å²) in [5.41, 5.74) is -0.336. The minimum Gasteiger partial charge on any atom is -0.360 e. The SMILES string of the molecule is CCCC1Cc2c(ccc(C#N)c2C(F)(F)F)N1Cc1noc(-c2cc(Cl)cnc2Cl)n1. The van der Waals surface area contributed by atoms with E-state index in [4.69, 9.17) is 27.7 Å². The summed E-state index contributed by atoms with van der Waals surface area (Å²) in [4.78, 5) is 10.1. The number of nitriles is 1. The average molecular weight is 482 g/mol. The Bertz CT molecular complexity index is 1210. The Balaban J connectivity index is 1.71. The zero-order chi connectivity index (χ0) is 23.0. The number of benzene rings is 1. The molecule has 0 saturated heterocycles. The quantitative estimate of drug-likeness (QED) is 0.412. The summed E-state index contributed by atoms with van der Waals surface area (Å²) in [6, 6.07) is 5.78. The number of halogens is 5. The highest BCUT2D eigenvalue weighted by Crippen LogP contribution is 2.44. The van der Waals surface area contributed by atoms with Crippen molar-refractivity contribution >= 4 is 28.9 Å². The van der Waals surface area contributed by atoms with Crippen molar-refractivity contribution in [3.63, 3.8) is 0 Å². The molecule has 4 rings (SSSR count). The van der Waals surface area contributed by atoms with Gasteiger partial charge in [-0.05, 0) is 36.6 Å². The molecule has 0 fully saturated rings. The van der Waals surface area contributed by atoms with Gasteiger partial charge in [-0.1, -0.05) is 41.7 Å². The highest BCUT2D eigenvalue weighted by molar-refractivity contribution is 6.34. The Morgan fingerprint density at radius 3 is 2.78 bits per heavy atom. The topological polar surface area (TPSA) is 78.8 Å². The Morgan fingerprint density at radius 2 is 2.09 bits per heavy atom. The van der Waals surface area contributed by atoms with Gasteiger partial charge in [0.25, 0.3) is 5.89 Å². The van der Waals surface area contributed by atoms with Gasteiger partial charge in [-0.25, -0.2) is 4.98 Å². The van der Waals surface area contributed by atoms with Gasteiger partial charge >= 0.3 is 6.18 Å². The fraction of sp³-hybridized carbons (Fsp3) is 0.333. The van der Waals surface area contributed by atoms with E-state index in [0.717, 1.165) is 6.42 Å². The third kappa shape index (κ3) is 4.12. The van der Waals surface area contributed by atoms with Crippen molar-refractivity contribution in [1.29, 1.82) is 5.26 Å². The van der Waals surface area contributed by atoms with Crippen molar-refractivity contribution in [3.05, 3.63) is 57.1 Å². The predicted octanol–water partition coefficient (Wildman–Crippen LogP) is 6.06. The van der Waals surface area contributed by atoms with Crippen LogP contribution in [0.5, 0.6) is 0 Å². The average Bonchev–Trinajstić information content (AvgIpc) is 3.34. The van der Waals surface area contributed by atoms with Crippen molar-refractivity contribution in [2.75, 3.05) is 4.90 Å². The van der Waals surface area contributed by atoms with Crippen LogP contribution in [0, 0.1) is 11.3 Å². The molecule has 0 bridgehead atoms. The molecule has 1 unspecified atom stereocenters. The molecular formula is C21H16Cl2F3N5O. The normalized spacial score (nSPS) is 15.7. The van der Waals surface area contributed by atoms with E-state index in [-0.39, 0.29) is 47.0 Å². The molecule has 1 atom stereocenters. The van der Waals surface area contributed by atoms with Gasteiger partial charge in [0.05, 0.1) is 34.3 Å². The summed E-state index contributed by atoms with van der Waals surface area (Å²) >= 11 is 12.1. The summed E-state index contributed by atoms with van der Waals surface area (Å²) in [6.07, 6.45) is -1.61.